The van der Waals surface area contributed by atoms with Gasteiger partial charge in [0.1, 0.15) is 12.6 Å². The molecule has 0 bridgehead atoms. The topological polar surface area (TPSA) is 86.8 Å². The van der Waals surface area contributed by atoms with E-state index >= 15 is 0 Å². The van der Waals surface area contributed by atoms with Gasteiger partial charge in [-0.15, -0.1) is 0 Å². The van der Waals surface area contributed by atoms with Crippen molar-refractivity contribution in [1.82, 2.24) is 10.2 Å². The second-order valence-corrected chi connectivity index (χ2v) is 12.2. The molecule has 202 valence electrons. The first-order valence-corrected chi connectivity index (χ1v) is 14.8. The normalized spacial score (nSPS) is 12.1. The highest BCUT2D eigenvalue weighted by Gasteiger charge is 2.33. The summed E-state index contributed by atoms with van der Waals surface area (Å²) in [7, 11) is -2.65. The van der Waals surface area contributed by atoms with E-state index in [-0.39, 0.29) is 17.3 Å². The van der Waals surface area contributed by atoms with Gasteiger partial charge in [0.05, 0.1) is 10.6 Å². The molecule has 38 heavy (non-hydrogen) atoms. The van der Waals surface area contributed by atoms with Gasteiger partial charge in [-0.25, -0.2) is 8.42 Å². The van der Waals surface area contributed by atoms with Gasteiger partial charge in [0.2, 0.25) is 11.8 Å². The third-order valence-electron chi connectivity index (χ3n) is 5.99. The Morgan fingerprint density at radius 3 is 2.18 bits per heavy atom. The molecule has 11 heteroatoms. The van der Waals surface area contributed by atoms with Gasteiger partial charge in [-0.05, 0) is 67.4 Å². The third-order valence-corrected chi connectivity index (χ3v) is 8.89. The van der Waals surface area contributed by atoms with Crippen LogP contribution in [0.4, 0.5) is 5.69 Å². The average molecular weight is 641 g/mol. The molecule has 0 aliphatic rings. The molecular weight excluding hydrogens is 613 g/mol. The molecule has 0 aromatic heterocycles. The molecule has 0 unspecified atom stereocenters. The van der Waals surface area contributed by atoms with Gasteiger partial charge in [-0.2, -0.15) is 0 Å². The van der Waals surface area contributed by atoms with Crippen LogP contribution in [0.3, 0.4) is 0 Å². The Kier molecular flexibility index (Phi) is 10.2. The molecular formula is C27H28BrCl2N3O4S. The van der Waals surface area contributed by atoms with Crippen molar-refractivity contribution < 1.29 is 18.0 Å². The minimum atomic E-state index is -4.13. The minimum absolute atomic E-state index is 0.0144. The average Bonchev–Trinajstić information content (AvgIpc) is 2.88. The molecule has 1 atom stereocenters. The molecule has 0 radical (unpaired) electrons. The van der Waals surface area contributed by atoms with Gasteiger partial charge in [0, 0.05) is 28.1 Å². The summed E-state index contributed by atoms with van der Waals surface area (Å²) >= 11 is 15.8. The maximum Gasteiger partial charge on any atom is 0.264 e. The summed E-state index contributed by atoms with van der Waals surface area (Å²) in [5.74, 6) is -0.937. The first kappa shape index (κ1) is 30.0. The summed E-state index contributed by atoms with van der Waals surface area (Å²) in [4.78, 5) is 28.1. The number of halogens is 3. The molecule has 0 saturated carbocycles. The van der Waals surface area contributed by atoms with E-state index in [0.717, 1.165) is 14.3 Å². The first-order chi connectivity index (χ1) is 18.0. The van der Waals surface area contributed by atoms with Crippen LogP contribution in [0.15, 0.2) is 76.1 Å². The van der Waals surface area contributed by atoms with Crippen molar-refractivity contribution in [2.24, 2.45) is 0 Å². The Bertz CT molecular complexity index is 1400. The Morgan fingerprint density at radius 2 is 1.63 bits per heavy atom. The highest BCUT2D eigenvalue weighted by Crippen LogP contribution is 2.28. The number of carbonyl (C=O) groups is 2. The number of sulfonamides is 1. The lowest BCUT2D eigenvalue weighted by atomic mass is 10.1. The van der Waals surface area contributed by atoms with E-state index in [1.165, 1.54) is 24.1 Å². The summed E-state index contributed by atoms with van der Waals surface area (Å²) in [6.07, 6.45) is 0.305. The van der Waals surface area contributed by atoms with Gasteiger partial charge < -0.3 is 10.2 Å². The predicted octanol–water partition coefficient (Wildman–Crippen LogP) is 5.81. The maximum absolute atomic E-state index is 13.9. The van der Waals surface area contributed by atoms with Crippen LogP contribution in [0.5, 0.6) is 0 Å². The number of hydrogen-bond donors (Lipinski definition) is 1. The molecule has 2 amide bonds. The van der Waals surface area contributed by atoms with Crippen LogP contribution in [-0.4, -0.2) is 44.8 Å². The predicted molar refractivity (Wildman–Crippen MR) is 155 cm³/mol. The fraction of sp³-hybridized carbons (Fsp3) is 0.259. The van der Waals surface area contributed by atoms with Crippen LogP contribution in [0.2, 0.25) is 10.0 Å². The number of nitrogens with one attached hydrogen (secondary N) is 1. The molecule has 3 aromatic carbocycles. The highest BCUT2D eigenvalue weighted by molar-refractivity contribution is 9.10. The zero-order valence-electron chi connectivity index (χ0n) is 21.1. The number of carbonyl (C=O) groups excluding carboxylic acids is 2. The standard InChI is InChI=1S/C27H28BrCl2N3O4S/c1-4-25(27(35)31-3)32(16-19-7-10-21(29)15-24(19)30)26(34)17-33(22-11-8-20(28)9-12-22)38(36,37)23-13-5-18(2)6-14-23/h5-15,25H,4,16-17H2,1-3H3,(H,31,35)/t25-/m0/s1. The van der Waals surface area contributed by atoms with E-state index in [1.54, 1.807) is 61.5 Å². The molecule has 1 N–H and O–H groups in total. The lowest BCUT2D eigenvalue weighted by Gasteiger charge is -2.33. The number of rotatable bonds is 10. The molecule has 0 fully saturated rings. The van der Waals surface area contributed by atoms with Crippen LogP contribution in [0, 0.1) is 6.92 Å². The Labute approximate surface area is 241 Å². The van der Waals surface area contributed by atoms with E-state index in [4.69, 9.17) is 23.2 Å². The van der Waals surface area contributed by atoms with Crippen molar-refractivity contribution in [3.63, 3.8) is 0 Å². The summed E-state index contributed by atoms with van der Waals surface area (Å²) < 4.78 is 29.4. The number of anilines is 1. The second kappa shape index (κ2) is 13.0. The Balaban J connectivity index is 2.07. The lowest BCUT2D eigenvalue weighted by molar-refractivity contribution is -0.140. The van der Waals surface area contributed by atoms with Crippen molar-refractivity contribution in [2.45, 2.75) is 37.8 Å². The van der Waals surface area contributed by atoms with E-state index < -0.39 is 28.5 Å². The summed E-state index contributed by atoms with van der Waals surface area (Å²) in [5.41, 5.74) is 1.78. The minimum Gasteiger partial charge on any atom is -0.357 e. The Hall–Kier alpha value is -2.59. The van der Waals surface area contributed by atoms with Gasteiger partial charge in [-0.3, -0.25) is 13.9 Å². The molecule has 0 aliphatic heterocycles. The Morgan fingerprint density at radius 1 is 1.00 bits per heavy atom. The zero-order valence-corrected chi connectivity index (χ0v) is 25.0. The van der Waals surface area contributed by atoms with Crippen LogP contribution < -0.4 is 9.62 Å². The fourth-order valence-electron chi connectivity index (χ4n) is 3.89. The van der Waals surface area contributed by atoms with Crippen LogP contribution in [0.1, 0.15) is 24.5 Å². The van der Waals surface area contributed by atoms with E-state index in [9.17, 15) is 18.0 Å². The SMILES string of the molecule is CC[C@@H](C(=O)NC)N(Cc1ccc(Cl)cc1Cl)C(=O)CN(c1ccc(Br)cc1)S(=O)(=O)c1ccc(C)cc1. The van der Waals surface area contributed by atoms with Gasteiger partial charge >= 0.3 is 0 Å². The zero-order chi connectivity index (χ0) is 28.0. The number of likely N-dealkylation sites (N-methyl/N-ethyl adjacent to an activating group) is 1. The molecule has 7 nitrogen and oxygen atoms in total. The molecule has 0 saturated heterocycles. The van der Waals surface area contributed by atoms with E-state index in [2.05, 4.69) is 21.2 Å². The van der Waals surface area contributed by atoms with Crippen LogP contribution >= 0.6 is 39.1 Å². The monoisotopic (exact) mass is 639 g/mol. The smallest absolute Gasteiger partial charge is 0.264 e. The second-order valence-electron chi connectivity index (χ2n) is 8.60. The van der Waals surface area contributed by atoms with Crippen molar-refractivity contribution in [2.75, 3.05) is 17.9 Å². The maximum atomic E-state index is 13.9. The number of hydrogen-bond acceptors (Lipinski definition) is 4. The summed E-state index contributed by atoms with van der Waals surface area (Å²) in [6, 6.07) is 17.0. The number of aryl methyl sites for hydroxylation is 1. The van der Waals surface area contributed by atoms with E-state index in [0.29, 0.717) is 27.7 Å². The molecule has 0 spiro atoms. The van der Waals surface area contributed by atoms with E-state index in [1.807, 2.05) is 6.92 Å². The highest BCUT2D eigenvalue weighted by atomic mass is 79.9. The largest absolute Gasteiger partial charge is 0.357 e. The van der Waals surface area contributed by atoms with Gasteiger partial charge in [-0.1, -0.05) is 69.8 Å². The fourth-order valence-corrected chi connectivity index (χ4v) is 6.04. The van der Waals surface area contributed by atoms with Gasteiger partial charge in [0.15, 0.2) is 0 Å². The lowest BCUT2D eigenvalue weighted by Crippen LogP contribution is -2.51. The molecule has 3 rings (SSSR count). The van der Waals surface area contributed by atoms with Crippen LogP contribution in [-0.2, 0) is 26.2 Å². The van der Waals surface area contributed by atoms with Crippen molar-refractivity contribution in [3.8, 4) is 0 Å². The first-order valence-electron chi connectivity index (χ1n) is 11.8. The van der Waals surface area contributed by atoms with Gasteiger partial charge in [0.25, 0.3) is 10.0 Å². The van der Waals surface area contributed by atoms with Crippen molar-refractivity contribution >= 4 is 66.7 Å². The van der Waals surface area contributed by atoms with Crippen molar-refractivity contribution in [3.05, 3.63) is 92.4 Å². The molecule has 0 heterocycles. The molecule has 0 aliphatic carbocycles. The quantitative estimate of drug-likeness (QED) is 0.303. The van der Waals surface area contributed by atoms with Crippen LogP contribution in [0.25, 0.3) is 0 Å². The summed E-state index contributed by atoms with van der Waals surface area (Å²) in [6.45, 7) is 3.09. The number of nitrogens with zero attached hydrogens (tertiary/aromatic N) is 2. The van der Waals surface area contributed by atoms with Crippen molar-refractivity contribution in [1.29, 1.82) is 0 Å². The summed E-state index contributed by atoms with van der Waals surface area (Å²) in [5, 5.41) is 3.35. The number of benzene rings is 3. The number of amides is 2. The molecule has 3 aromatic rings. The third kappa shape index (κ3) is 7.08.